The molecule has 3 nitrogen and oxygen atoms in total. The lowest BCUT2D eigenvalue weighted by Crippen LogP contribution is -2.12. The molecule has 24 heavy (non-hydrogen) atoms. The lowest BCUT2D eigenvalue weighted by Gasteiger charge is -2.14. The molecule has 2 rings (SSSR count). The lowest BCUT2D eigenvalue weighted by molar-refractivity contribution is 0.309. The molecule has 3 heteroatoms. The third kappa shape index (κ3) is 5.80. The SMILES string of the molecule is CCCCOc1ccccc1NCCOc1ccc(C(C)C)cc1. The zero-order valence-corrected chi connectivity index (χ0v) is 15.0. The van der Waals surface area contributed by atoms with E-state index in [9.17, 15) is 0 Å². The van der Waals surface area contributed by atoms with Crippen molar-refractivity contribution in [3.63, 3.8) is 0 Å². The summed E-state index contributed by atoms with van der Waals surface area (Å²) in [5.41, 5.74) is 2.35. The Morgan fingerprint density at radius 3 is 2.38 bits per heavy atom. The first kappa shape index (κ1) is 18.2. The minimum absolute atomic E-state index is 0.546. The van der Waals surface area contributed by atoms with Gasteiger partial charge in [0.05, 0.1) is 12.3 Å². The first-order chi connectivity index (χ1) is 11.7. The highest BCUT2D eigenvalue weighted by atomic mass is 16.5. The van der Waals surface area contributed by atoms with Crippen molar-refractivity contribution in [2.75, 3.05) is 25.1 Å². The Morgan fingerprint density at radius 1 is 0.917 bits per heavy atom. The van der Waals surface area contributed by atoms with Crippen LogP contribution < -0.4 is 14.8 Å². The van der Waals surface area contributed by atoms with Crippen molar-refractivity contribution in [1.29, 1.82) is 0 Å². The van der Waals surface area contributed by atoms with Gasteiger partial charge in [-0.25, -0.2) is 0 Å². The van der Waals surface area contributed by atoms with Crippen molar-refractivity contribution >= 4 is 5.69 Å². The van der Waals surface area contributed by atoms with Crippen LogP contribution in [0.3, 0.4) is 0 Å². The molecule has 0 atom stereocenters. The molecule has 0 aliphatic rings. The first-order valence-corrected chi connectivity index (χ1v) is 8.89. The number of anilines is 1. The molecular formula is C21H29NO2. The summed E-state index contributed by atoms with van der Waals surface area (Å²) in [5.74, 6) is 2.37. The molecule has 0 amide bonds. The van der Waals surface area contributed by atoms with Gasteiger partial charge in [0.15, 0.2) is 0 Å². The van der Waals surface area contributed by atoms with Gasteiger partial charge < -0.3 is 14.8 Å². The summed E-state index contributed by atoms with van der Waals surface area (Å²) >= 11 is 0. The molecule has 0 fully saturated rings. The van der Waals surface area contributed by atoms with Crippen molar-refractivity contribution in [3.05, 3.63) is 54.1 Å². The zero-order chi connectivity index (χ0) is 17.2. The third-order valence-electron chi connectivity index (χ3n) is 3.88. The molecule has 0 heterocycles. The number of para-hydroxylation sites is 2. The van der Waals surface area contributed by atoms with Gasteiger partial charge in [-0.2, -0.15) is 0 Å². The molecular weight excluding hydrogens is 298 g/mol. The summed E-state index contributed by atoms with van der Waals surface area (Å²) < 4.78 is 11.6. The van der Waals surface area contributed by atoms with Gasteiger partial charge in [-0.3, -0.25) is 0 Å². The average Bonchev–Trinajstić information content (AvgIpc) is 2.60. The predicted molar refractivity (Wildman–Crippen MR) is 101 cm³/mol. The van der Waals surface area contributed by atoms with Crippen LogP contribution in [0.5, 0.6) is 11.5 Å². The monoisotopic (exact) mass is 327 g/mol. The van der Waals surface area contributed by atoms with Gasteiger partial charge in [-0.05, 0) is 42.2 Å². The van der Waals surface area contributed by atoms with Crippen molar-refractivity contribution in [1.82, 2.24) is 0 Å². The van der Waals surface area contributed by atoms with Crippen LogP contribution >= 0.6 is 0 Å². The lowest BCUT2D eigenvalue weighted by atomic mass is 10.0. The fourth-order valence-corrected chi connectivity index (χ4v) is 2.37. The summed E-state index contributed by atoms with van der Waals surface area (Å²) in [6, 6.07) is 16.4. The Morgan fingerprint density at radius 2 is 1.67 bits per heavy atom. The van der Waals surface area contributed by atoms with Gasteiger partial charge in [-0.15, -0.1) is 0 Å². The maximum Gasteiger partial charge on any atom is 0.142 e. The molecule has 0 bridgehead atoms. The minimum atomic E-state index is 0.546. The Labute approximate surface area is 146 Å². The molecule has 2 aromatic rings. The zero-order valence-electron chi connectivity index (χ0n) is 15.0. The molecule has 1 N–H and O–H groups in total. The van der Waals surface area contributed by atoms with E-state index in [-0.39, 0.29) is 0 Å². The molecule has 0 spiro atoms. The van der Waals surface area contributed by atoms with Gasteiger partial charge in [0.25, 0.3) is 0 Å². The smallest absolute Gasteiger partial charge is 0.142 e. The predicted octanol–water partition coefficient (Wildman–Crippen LogP) is 5.48. The number of nitrogens with one attached hydrogen (secondary N) is 1. The summed E-state index contributed by atoms with van der Waals surface area (Å²) in [6.07, 6.45) is 2.21. The van der Waals surface area contributed by atoms with E-state index in [2.05, 4.69) is 38.2 Å². The third-order valence-corrected chi connectivity index (χ3v) is 3.88. The van der Waals surface area contributed by atoms with Gasteiger partial charge in [0.1, 0.15) is 18.1 Å². The Bertz CT molecular complexity index is 593. The van der Waals surface area contributed by atoms with E-state index in [0.717, 1.165) is 43.2 Å². The Balaban J connectivity index is 1.77. The van der Waals surface area contributed by atoms with E-state index in [1.165, 1.54) is 5.56 Å². The highest BCUT2D eigenvalue weighted by Gasteiger charge is 2.03. The van der Waals surface area contributed by atoms with Crippen LogP contribution in [0.1, 0.15) is 45.1 Å². The van der Waals surface area contributed by atoms with E-state index in [1.807, 2.05) is 36.4 Å². The molecule has 2 aromatic carbocycles. The molecule has 0 saturated heterocycles. The maximum absolute atomic E-state index is 5.83. The molecule has 0 saturated carbocycles. The van der Waals surface area contributed by atoms with Crippen LogP contribution in [0.15, 0.2) is 48.5 Å². The van der Waals surface area contributed by atoms with Gasteiger partial charge >= 0.3 is 0 Å². The summed E-state index contributed by atoms with van der Waals surface area (Å²) in [7, 11) is 0. The van der Waals surface area contributed by atoms with Gasteiger partial charge in [0.2, 0.25) is 0 Å². The second-order valence-corrected chi connectivity index (χ2v) is 6.20. The number of hydrogen-bond acceptors (Lipinski definition) is 3. The van der Waals surface area contributed by atoms with Crippen molar-refractivity contribution < 1.29 is 9.47 Å². The fraction of sp³-hybridized carbons (Fsp3) is 0.429. The molecule has 0 radical (unpaired) electrons. The van der Waals surface area contributed by atoms with Gasteiger partial charge in [0, 0.05) is 6.54 Å². The Kier molecular flexibility index (Phi) is 7.47. The van der Waals surface area contributed by atoms with Crippen LogP contribution in [-0.4, -0.2) is 19.8 Å². The summed E-state index contributed by atoms with van der Waals surface area (Å²) in [5, 5.41) is 3.39. The summed E-state index contributed by atoms with van der Waals surface area (Å²) in [6.45, 7) is 8.66. The van der Waals surface area contributed by atoms with E-state index in [4.69, 9.17) is 9.47 Å². The second-order valence-electron chi connectivity index (χ2n) is 6.20. The highest BCUT2D eigenvalue weighted by Crippen LogP contribution is 2.24. The second kappa shape index (κ2) is 9.86. The fourth-order valence-electron chi connectivity index (χ4n) is 2.37. The molecule has 0 aromatic heterocycles. The quantitative estimate of drug-likeness (QED) is 0.586. The highest BCUT2D eigenvalue weighted by molar-refractivity contribution is 5.56. The summed E-state index contributed by atoms with van der Waals surface area (Å²) in [4.78, 5) is 0. The maximum atomic E-state index is 5.83. The Hall–Kier alpha value is -2.16. The van der Waals surface area contributed by atoms with Crippen molar-refractivity contribution in [2.45, 2.75) is 39.5 Å². The van der Waals surface area contributed by atoms with E-state index in [0.29, 0.717) is 12.5 Å². The van der Waals surface area contributed by atoms with Crippen LogP contribution in [-0.2, 0) is 0 Å². The number of unbranched alkanes of at least 4 members (excludes halogenated alkanes) is 1. The minimum Gasteiger partial charge on any atom is -0.492 e. The molecule has 0 unspecified atom stereocenters. The van der Waals surface area contributed by atoms with E-state index < -0.39 is 0 Å². The van der Waals surface area contributed by atoms with Gasteiger partial charge in [-0.1, -0.05) is 51.5 Å². The normalized spacial score (nSPS) is 10.7. The van der Waals surface area contributed by atoms with Crippen molar-refractivity contribution in [3.8, 4) is 11.5 Å². The van der Waals surface area contributed by atoms with Crippen LogP contribution in [0.25, 0.3) is 0 Å². The number of hydrogen-bond donors (Lipinski definition) is 1. The molecule has 0 aliphatic carbocycles. The van der Waals surface area contributed by atoms with E-state index in [1.54, 1.807) is 0 Å². The van der Waals surface area contributed by atoms with Crippen LogP contribution in [0.2, 0.25) is 0 Å². The molecule has 0 aliphatic heterocycles. The van der Waals surface area contributed by atoms with E-state index >= 15 is 0 Å². The van der Waals surface area contributed by atoms with Crippen LogP contribution in [0.4, 0.5) is 5.69 Å². The number of ether oxygens (including phenoxy) is 2. The topological polar surface area (TPSA) is 30.5 Å². The molecule has 130 valence electrons. The van der Waals surface area contributed by atoms with Crippen molar-refractivity contribution in [2.24, 2.45) is 0 Å². The first-order valence-electron chi connectivity index (χ1n) is 8.89. The number of rotatable bonds is 10. The van der Waals surface area contributed by atoms with Crippen LogP contribution in [0, 0.1) is 0 Å². The number of benzene rings is 2. The average molecular weight is 327 g/mol. The largest absolute Gasteiger partial charge is 0.492 e. The standard InChI is InChI=1S/C21H29NO2/c1-4-5-15-24-21-9-7-6-8-20(21)22-14-16-23-19-12-10-18(11-13-19)17(2)3/h6-13,17,22H,4-5,14-16H2,1-3H3.